The maximum Gasteiger partial charge on any atom is 0.441 e. The van der Waals surface area contributed by atoms with Crippen molar-refractivity contribution in [1.29, 1.82) is 0 Å². The van der Waals surface area contributed by atoms with E-state index in [1.165, 1.54) is 25.3 Å². The molecule has 0 atom stereocenters. The highest BCUT2D eigenvalue weighted by Gasteiger charge is 2.31. The molecule has 0 saturated heterocycles. The summed E-state index contributed by atoms with van der Waals surface area (Å²) in [5, 5.41) is 4.69. The third-order valence-electron chi connectivity index (χ3n) is 3.31. The Kier molecular flexibility index (Phi) is 4.11. The van der Waals surface area contributed by atoms with Crippen LogP contribution in [-0.2, 0) is 0 Å². The molecule has 0 bridgehead atoms. The van der Waals surface area contributed by atoms with Gasteiger partial charge in [0.05, 0.1) is 12.8 Å². The molecule has 24 heavy (non-hydrogen) atoms. The van der Waals surface area contributed by atoms with Crippen LogP contribution in [0.25, 0.3) is 5.69 Å². The molecule has 122 valence electrons. The summed E-state index contributed by atoms with van der Waals surface area (Å²) in [5.74, 6) is -0.796. The number of aromatic amines is 1. The summed E-state index contributed by atoms with van der Waals surface area (Å²) in [7, 11) is 1.52. The van der Waals surface area contributed by atoms with Crippen molar-refractivity contribution in [2.45, 2.75) is 0 Å². The van der Waals surface area contributed by atoms with Gasteiger partial charge in [-0.2, -0.15) is 0 Å². The molecule has 8 heteroatoms. The van der Waals surface area contributed by atoms with Gasteiger partial charge in [0.15, 0.2) is 0 Å². The molecule has 3 rings (SSSR count). The van der Waals surface area contributed by atoms with E-state index in [9.17, 15) is 14.0 Å². The Hall–Kier alpha value is -3.42. The van der Waals surface area contributed by atoms with Crippen LogP contribution in [0.1, 0.15) is 10.5 Å². The average molecular weight is 330 g/mol. The quantitative estimate of drug-likeness (QED) is 0.712. The van der Waals surface area contributed by atoms with E-state index in [1.807, 2.05) is 0 Å². The molecule has 1 aromatic heterocycles. The minimum absolute atomic E-state index is 0.0376. The van der Waals surface area contributed by atoms with Gasteiger partial charge in [-0.05, 0) is 34.2 Å². The van der Waals surface area contributed by atoms with Crippen LogP contribution in [0.15, 0.2) is 57.8 Å². The van der Waals surface area contributed by atoms with Gasteiger partial charge in [-0.15, -0.1) is 0 Å². The number of hydrogen-bond acceptors (Lipinski definition) is 4. The van der Waals surface area contributed by atoms with Gasteiger partial charge in [-0.3, -0.25) is 9.32 Å². The van der Waals surface area contributed by atoms with Crippen molar-refractivity contribution in [2.75, 3.05) is 12.4 Å². The van der Waals surface area contributed by atoms with Crippen LogP contribution in [0.3, 0.4) is 0 Å². The normalized spacial score (nSPS) is 10.4. The van der Waals surface area contributed by atoms with Crippen LogP contribution in [0, 0.1) is 5.82 Å². The minimum atomic E-state index is -0.875. The number of anilines is 1. The summed E-state index contributed by atoms with van der Waals surface area (Å²) in [6, 6.07) is 12.2. The first-order chi connectivity index (χ1) is 11.6. The second kappa shape index (κ2) is 6.37. The van der Waals surface area contributed by atoms with Gasteiger partial charge < -0.3 is 10.1 Å². The predicted molar refractivity (Wildman–Crippen MR) is 81.8 cm³/mol. The lowest BCUT2D eigenvalue weighted by atomic mass is 10.2. The van der Waals surface area contributed by atoms with Crippen molar-refractivity contribution < 1.29 is 23.1 Å². The number of amides is 1. The topological polar surface area (TPSA) is 88.2 Å². The monoisotopic (exact) mass is 330 g/mol. The Labute approximate surface area is 135 Å². The van der Waals surface area contributed by atoms with Gasteiger partial charge in [0, 0.05) is 12.1 Å². The molecule has 1 heterocycles. The second-order valence-corrected chi connectivity index (χ2v) is 4.80. The van der Waals surface area contributed by atoms with E-state index >= 15 is 0 Å². The number of hydrogen-bond donors (Lipinski definition) is 2. The molecule has 0 fully saturated rings. The van der Waals surface area contributed by atoms with Crippen molar-refractivity contribution in [2.24, 2.45) is 0 Å². The largest absolute Gasteiger partial charge is 0.497 e. The van der Waals surface area contributed by atoms with Gasteiger partial charge in [-0.1, -0.05) is 12.1 Å². The first-order valence-corrected chi connectivity index (χ1v) is 6.94. The van der Waals surface area contributed by atoms with Gasteiger partial charge in [0.2, 0.25) is 5.69 Å². The third-order valence-corrected chi connectivity index (χ3v) is 3.31. The number of benzene rings is 2. The van der Waals surface area contributed by atoms with E-state index in [-0.39, 0.29) is 11.4 Å². The predicted octanol–water partition coefficient (Wildman–Crippen LogP) is 1.64. The highest BCUT2D eigenvalue weighted by Crippen LogP contribution is 2.14. The molecule has 0 saturated carbocycles. The van der Waals surface area contributed by atoms with Crippen LogP contribution < -0.4 is 20.4 Å². The van der Waals surface area contributed by atoms with Crippen molar-refractivity contribution in [3.63, 3.8) is 0 Å². The molecule has 0 aliphatic carbocycles. The van der Waals surface area contributed by atoms with Crippen LogP contribution >= 0.6 is 0 Å². The molecule has 0 spiro atoms. The summed E-state index contributed by atoms with van der Waals surface area (Å²) in [4.78, 5) is 24.2. The summed E-state index contributed by atoms with van der Waals surface area (Å²) in [5.41, 5.74) is -0.757. The molecule has 1 amide bonds. The SMILES string of the molecule is COc1ccc(-[n+]2[nH]oc(=O)c2C(=O)Nc2ccccc2F)cc1. The van der Waals surface area contributed by atoms with E-state index < -0.39 is 17.3 Å². The van der Waals surface area contributed by atoms with E-state index in [4.69, 9.17) is 9.26 Å². The Morgan fingerprint density at radius 3 is 2.58 bits per heavy atom. The zero-order chi connectivity index (χ0) is 17.1. The van der Waals surface area contributed by atoms with Crippen LogP contribution in [0.4, 0.5) is 10.1 Å². The van der Waals surface area contributed by atoms with Gasteiger partial charge in [-0.25, -0.2) is 9.18 Å². The molecular formula is C16H13FN3O4+. The van der Waals surface area contributed by atoms with Crippen molar-refractivity contribution >= 4 is 11.6 Å². The summed E-state index contributed by atoms with van der Waals surface area (Å²) in [6.45, 7) is 0. The Bertz CT molecular complexity index is 931. The molecule has 0 radical (unpaired) electrons. The molecule has 0 aliphatic heterocycles. The maximum atomic E-state index is 13.7. The van der Waals surface area contributed by atoms with E-state index in [0.29, 0.717) is 11.4 Å². The molecule has 7 nitrogen and oxygen atoms in total. The van der Waals surface area contributed by atoms with E-state index in [2.05, 4.69) is 10.6 Å². The minimum Gasteiger partial charge on any atom is -0.497 e. The number of ether oxygens (including phenoxy) is 1. The zero-order valence-electron chi connectivity index (χ0n) is 12.6. The van der Waals surface area contributed by atoms with Gasteiger partial charge >= 0.3 is 17.2 Å². The number of nitrogens with one attached hydrogen (secondary N) is 2. The number of para-hydroxylation sites is 1. The molecule has 2 aromatic carbocycles. The number of methoxy groups -OCH3 is 1. The fourth-order valence-corrected chi connectivity index (χ4v) is 2.12. The fraction of sp³-hybridized carbons (Fsp3) is 0.0625. The third kappa shape index (κ3) is 2.89. The number of aromatic nitrogens is 2. The molecule has 0 aliphatic rings. The lowest BCUT2D eigenvalue weighted by Gasteiger charge is -2.02. The Balaban J connectivity index is 1.96. The van der Waals surface area contributed by atoms with Crippen molar-refractivity contribution in [1.82, 2.24) is 5.27 Å². The molecular weight excluding hydrogens is 317 g/mol. The second-order valence-electron chi connectivity index (χ2n) is 4.80. The zero-order valence-corrected chi connectivity index (χ0v) is 12.6. The molecule has 0 unspecified atom stereocenters. The summed E-state index contributed by atoms with van der Waals surface area (Å²) < 4.78 is 24.6. The smallest absolute Gasteiger partial charge is 0.441 e. The van der Waals surface area contributed by atoms with Crippen LogP contribution in [0.2, 0.25) is 0 Å². The molecule has 2 N–H and O–H groups in total. The standard InChI is InChI=1S/C16H12FN3O4/c1-23-11-8-6-10(7-9-11)20-14(16(22)24-19-20)15(21)18-13-5-3-2-4-12(13)17/h2-9H,1H3,(H-,18,19,21,22)/p+1. The highest BCUT2D eigenvalue weighted by molar-refractivity contribution is 6.01. The lowest BCUT2D eigenvalue weighted by Crippen LogP contribution is -2.42. The highest BCUT2D eigenvalue weighted by atomic mass is 19.1. The van der Waals surface area contributed by atoms with E-state index in [1.54, 1.807) is 30.3 Å². The lowest BCUT2D eigenvalue weighted by molar-refractivity contribution is -0.672. The first kappa shape index (κ1) is 15.5. The van der Waals surface area contributed by atoms with Gasteiger partial charge in [0.25, 0.3) is 0 Å². The maximum absolute atomic E-state index is 13.7. The number of halogens is 1. The van der Waals surface area contributed by atoms with Crippen LogP contribution in [-0.4, -0.2) is 18.3 Å². The molecule has 3 aromatic rings. The van der Waals surface area contributed by atoms with Crippen molar-refractivity contribution in [3.05, 3.63) is 70.5 Å². The number of carbonyl (C=O) groups excluding carboxylic acids is 1. The number of carbonyl (C=O) groups is 1. The van der Waals surface area contributed by atoms with Crippen molar-refractivity contribution in [3.8, 4) is 11.4 Å². The number of H-pyrrole nitrogens is 1. The van der Waals surface area contributed by atoms with E-state index in [0.717, 1.165) is 4.68 Å². The average Bonchev–Trinajstić information content (AvgIpc) is 2.98. The van der Waals surface area contributed by atoms with Gasteiger partial charge in [0.1, 0.15) is 11.6 Å². The Morgan fingerprint density at radius 1 is 1.21 bits per heavy atom. The van der Waals surface area contributed by atoms with Crippen LogP contribution in [0.5, 0.6) is 5.75 Å². The summed E-state index contributed by atoms with van der Waals surface area (Å²) >= 11 is 0. The number of rotatable bonds is 4. The summed E-state index contributed by atoms with van der Waals surface area (Å²) in [6.07, 6.45) is 0. The first-order valence-electron chi connectivity index (χ1n) is 6.94. The number of nitrogens with zero attached hydrogens (tertiary/aromatic N) is 1. The fourth-order valence-electron chi connectivity index (χ4n) is 2.12. The Morgan fingerprint density at radius 2 is 1.92 bits per heavy atom.